The molecule has 0 aliphatic carbocycles. The van der Waals surface area contributed by atoms with E-state index in [-0.39, 0.29) is 29.9 Å². The molecule has 7 heteroatoms. The van der Waals surface area contributed by atoms with Crippen LogP contribution < -0.4 is 10.6 Å². The van der Waals surface area contributed by atoms with Crippen molar-refractivity contribution in [1.29, 1.82) is 0 Å². The van der Waals surface area contributed by atoms with Gasteiger partial charge in [-0.25, -0.2) is 0 Å². The van der Waals surface area contributed by atoms with E-state index in [9.17, 15) is 4.79 Å². The molecular formula is C22H31IN4OS. The highest BCUT2D eigenvalue weighted by Gasteiger charge is 2.17. The molecule has 158 valence electrons. The van der Waals surface area contributed by atoms with Gasteiger partial charge in [0.2, 0.25) is 0 Å². The van der Waals surface area contributed by atoms with Gasteiger partial charge in [0.25, 0.3) is 5.91 Å². The fourth-order valence-electron chi connectivity index (χ4n) is 3.33. The zero-order chi connectivity index (χ0) is 19.8. The molecule has 0 atom stereocenters. The molecule has 2 N–H and O–H groups in total. The number of aryl methyl sites for hydroxylation is 1. The van der Waals surface area contributed by atoms with Gasteiger partial charge in [-0.1, -0.05) is 19.1 Å². The number of likely N-dealkylation sites (tertiary alicyclic amines) is 1. The van der Waals surface area contributed by atoms with Crippen molar-refractivity contribution in [3.05, 3.63) is 57.3 Å². The normalized spacial score (nSPS) is 14.3. The molecule has 0 bridgehead atoms. The molecule has 1 aliphatic heterocycles. The molecule has 1 aromatic carbocycles. The Morgan fingerprint density at radius 3 is 2.28 bits per heavy atom. The highest BCUT2D eigenvalue weighted by molar-refractivity contribution is 14.0. The summed E-state index contributed by atoms with van der Waals surface area (Å²) in [5.74, 6) is 0.930. The maximum atomic E-state index is 12.5. The molecule has 3 rings (SSSR count). The third-order valence-electron chi connectivity index (χ3n) is 5.02. The first-order chi connectivity index (χ1) is 13.7. The Balaban J connectivity index is 0.00000300. The first-order valence-corrected chi connectivity index (χ1v) is 10.9. The lowest BCUT2D eigenvalue weighted by molar-refractivity contribution is 0.0724. The molecule has 0 radical (unpaired) electrons. The summed E-state index contributed by atoms with van der Waals surface area (Å²) in [6, 6.07) is 12.3. The van der Waals surface area contributed by atoms with Crippen molar-refractivity contribution in [2.24, 2.45) is 4.99 Å². The van der Waals surface area contributed by atoms with Crippen LogP contribution in [0.1, 0.15) is 51.9 Å². The van der Waals surface area contributed by atoms with Crippen molar-refractivity contribution in [1.82, 2.24) is 15.5 Å². The van der Waals surface area contributed by atoms with Crippen molar-refractivity contribution in [3.8, 4) is 0 Å². The SMILES string of the molecule is CCc1ccc(CNC(=NC)NCc2ccc(C(=O)N3CCCCC3)cc2)s1.I. The van der Waals surface area contributed by atoms with Gasteiger partial charge in [-0.2, -0.15) is 0 Å². The smallest absolute Gasteiger partial charge is 0.253 e. The second-order valence-electron chi connectivity index (χ2n) is 7.05. The van der Waals surface area contributed by atoms with E-state index < -0.39 is 0 Å². The number of aliphatic imine (C=N–C) groups is 1. The van der Waals surface area contributed by atoms with Gasteiger partial charge in [0, 0.05) is 42.0 Å². The Morgan fingerprint density at radius 1 is 1.00 bits per heavy atom. The van der Waals surface area contributed by atoms with Gasteiger partial charge in [0.1, 0.15) is 0 Å². The molecule has 1 saturated heterocycles. The van der Waals surface area contributed by atoms with Crippen LogP contribution in [-0.4, -0.2) is 36.9 Å². The van der Waals surface area contributed by atoms with Crippen LogP contribution in [0.3, 0.4) is 0 Å². The van der Waals surface area contributed by atoms with Crippen LogP contribution in [0.15, 0.2) is 41.4 Å². The number of hydrogen-bond acceptors (Lipinski definition) is 3. The van der Waals surface area contributed by atoms with Gasteiger partial charge >= 0.3 is 0 Å². The van der Waals surface area contributed by atoms with E-state index in [0.717, 1.165) is 56.0 Å². The first kappa shape index (κ1) is 23.7. The van der Waals surface area contributed by atoms with Gasteiger partial charge in [0.05, 0.1) is 6.54 Å². The van der Waals surface area contributed by atoms with E-state index in [1.807, 2.05) is 40.5 Å². The number of piperidine rings is 1. The summed E-state index contributed by atoms with van der Waals surface area (Å²) >= 11 is 1.83. The fourth-order valence-corrected chi connectivity index (χ4v) is 4.23. The number of thiophene rings is 1. The molecule has 2 heterocycles. The second kappa shape index (κ2) is 12.2. The van der Waals surface area contributed by atoms with Crippen molar-refractivity contribution in [3.63, 3.8) is 0 Å². The van der Waals surface area contributed by atoms with Crippen molar-refractivity contribution < 1.29 is 4.79 Å². The number of guanidine groups is 1. The van der Waals surface area contributed by atoms with E-state index in [1.165, 1.54) is 16.2 Å². The number of carbonyl (C=O) groups is 1. The molecular weight excluding hydrogens is 495 g/mol. The highest BCUT2D eigenvalue weighted by atomic mass is 127. The van der Waals surface area contributed by atoms with Gasteiger partial charge in [-0.15, -0.1) is 35.3 Å². The van der Waals surface area contributed by atoms with Gasteiger partial charge in [0.15, 0.2) is 5.96 Å². The fraction of sp³-hybridized carbons (Fsp3) is 0.455. The number of halogens is 1. The van der Waals surface area contributed by atoms with E-state index in [2.05, 4.69) is 34.7 Å². The minimum absolute atomic E-state index is 0. The standard InChI is InChI=1S/C22H30N4OS.HI/c1-3-19-11-12-20(28-19)16-25-22(23-2)24-15-17-7-9-18(10-8-17)21(27)26-13-5-4-6-14-26;/h7-12H,3-6,13-16H2,1-2H3,(H2,23,24,25);1H. The summed E-state index contributed by atoms with van der Waals surface area (Å²) in [5, 5.41) is 6.69. The van der Waals surface area contributed by atoms with Crippen LogP contribution in [0.5, 0.6) is 0 Å². The van der Waals surface area contributed by atoms with E-state index in [1.54, 1.807) is 7.05 Å². The summed E-state index contributed by atoms with van der Waals surface area (Å²) in [4.78, 5) is 21.5. The van der Waals surface area contributed by atoms with E-state index in [0.29, 0.717) is 6.54 Å². The zero-order valence-electron chi connectivity index (χ0n) is 17.2. The average Bonchev–Trinajstić information content (AvgIpc) is 3.22. The summed E-state index contributed by atoms with van der Waals surface area (Å²) < 4.78 is 0. The number of rotatable bonds is 6. The number of benzene rings is 1. The Morgan fingerprint density at radius 2 is 1.66 bits per heavy atom. The number of carbonyl (C=O) groups excluding carboxylic acids is 1. The van der Waals surface area contributed by atoms with Crippen LogP contribution in [0.25, 0.3) is 0 Å². The molecule has 1 aromatic heterocycles. The van der Waals surface area contributed by atoms with Crippen LogP contribution in [0.4, 0.5) is 0 Å². The lowest BCUT2D eigenvalue weighted by Crippen LogP contribution is -2.36. The molecule has 1 aliphatic rings. The minimum Gasteiger partial charge on any atom is -0.352 e. The molecule has 1 amide bonds. The molecule has 1 fully saturated rings. The number of hydrogen-bond donors (Lipinski definition) is 2. The average molecular weight is 526 g/mol. The molecule has 2 aromatic rings. The largest absolute Gasteiger partial charge is 0.352 e. The van der Waals surface area contributed by atoms with Gasteiger partial charge in [-0.3, -0.25) is 9.79 Å². The van der Waals surface area contributed by atoms with E-state index >= 15 is 0 Å². The number of nitrogens with one attached hydrogen (secondary N) is 2. The predicted octanol–water partition coefficient (Wildman–Crippen LogP) is 4.42. The van der Waals surface area contributed by atoms with Crippen LogP contribution in [0.2, 0.25) is 0 Å². The number of amides is 1. The zero-order valence-corrected chi connectivity index (χ0v) is 20.4. The summed E-state index contributed by atoms with van der Waals surface area (Å²) in [5.41, 5.74) is 1.90. The Hall–Kier alpha value is -1.61. The maximum absolute atomic E-state index is 12.5. The van der Waals surface area contributed by atoms with Crippen LogP contribution >= 0.6 is 35.3 Å². The third-order valence-corrected chi connectivity index (χ3v) is 6.25. The van der Waals surface area contributed by atoms with Gasteiger partial charge in [-0.05, 0) is 55.5 Å². The molecule has 0 unspecified atom stereocenters. The lowest BCUT2D eigenvalue weighted by Gasteiger charge is -2.26. The Kier molecular flexibility index (Phi) is 9.93. The summed E-state index contributed by atoms with van der Waals surface area (Å²) in [6.07, 6.45) is 4.54. The highest BCUT2D eigenvalue weighted by Crippen LogP contribution is 2.16. The molecule has 0 spiro atoms. The lowest BCUT2D eigenvalue weighted by atomic mass is 10.1. The van der Waals surface area contributed by atoms with E-state index in [4.69, 9.17) is 0 Å². The van der Waals surface area contributed by atoms with Crippen molar-refractivity contribution >= 4 is 47.2 Å². The molecule has 0 saturated carbocycles. The second-order valence-corrected chi connectivity index (χ2v) is 8.30. The summed E-state index contributed by atoms with van der Waals surface area (Å²) in [6.45, 7) is 5.38. The Labute approximate surface area is 195 Å². The maximum Gasteiger partial charge on any atom is 0.253 e. The molecule has 5 nitrogen and oxygen atoms in total. The number of nitrogens with zero attached hydrogens (tertiary/aromatic N) is 2. The van der Waals surface area contributed by atoms with Crippen molar-refractivity contribution in [2.75, 3.05) is 20.1 Å². The Bertz CT molecular complexity index is 797. The topological polar surface area (TPSA) is 56.7 Å². The third kappa shape index (κ3) is 6.99. The first-order valence-electron chi connectivity index (χ1n) is 10.1. The predicted molar refractivity (Wildman–Crippen MR) is 132 cm³/mol. The monoisotopic (exact) mass is 526 g/mol. The quantitative estimate of drug-likeness (QED) is 0.333. The summed E-state index contributed by atoms with van der Waals surface area (Å²) in [7, 11) is 1.78. The molecule has 29 heavy (non-hydrogen) atoms. The minimum atomic E-state index is 0. The van der Waals surface area contributed by atoms with Crippen LogP contribution in [-0.2, 0) is 19.5 Å². The van der Waals surface area contributed by atoms with Crippen molar-refractivity contribution in [2.45, 2.75) is 45.7 Å². The van der Waals surface area contributed by atoms with Crippen LogP contribution in [0, 0.1) is 0 Å². The van der Waals surface area contributed by atoms with Gasteiger partial charge < -0.3 is 15.5 Å².